The second kappa shape index (κ2) is 7.28. The predicted molar refractivity (Wildman–Crippen MR) is 81.9 cm³/mol. The topological polar surface area (TPSA) is 79.0 Å². The molecule has 1 aromatic carbocycles. The van der Waals surface area contributed by atoms with Crippen molar-refractivity contribution in [1.29, 1.82) is 0 Å². The minimum Gasteiger partial charge on any atom is -0.494 e. The molecule has 1 heterocycles. The number of hydrogen-bond donors (Lipinski definition) is 2. The minimum absolute atomic E-state index is 0.301. The van der Waals surface area contributed by atoms with Gasteiger partial charge in [-0.25, -0.2) is 0 Å². The fraction of sp³-hybridized carbons (Fsp3) is 0.533. The highest BCUT2D eigenvalue weighted by Gasteiger charge is 2.14. The van der Waals surface area contributed by atoms with Crippen LogP contribution in [0.1, 0.15) is 6.42 Å². The van der Waals surface area contributed by atoms with Crippen LogP contribution in [-0.2, 0) is 4.79 Å². The monoisotopic (exact) mass is 293 g/mol. The Kier molecular flexibility index (Phi) is 5.41. The fourth-order valence-corrected chi connectivity index (χ4v) is 2.25. The summed E-state index contributed by atoms with van der Waals surface area (Å²) in [5.74, 6) is -0.255. The Balaban J connectivity index is 1.80. The maximum atomic E-state index is 10.6. The zero-order valence-corrected chi connectivity index (χ0v) is 12.4. The van der Waals surface area contributed by atoms with Crippen molar-refractivity contribution in [3.8, 4) is 5.75 Å². The number of carbonyl (C=O) groups is 1. The summed E-state index contributed by atoms with van der Waals surface area (Å²) >= 11 is 0. The lowest BCUT2D eigenvalue weighted by Crippen LogP contribution is -2.44. The summed E-state index contributed by atoms with van der Waals surface area (Å²) in [4.78, 5) is 15.3. The van der Waals surface area contributed by atoms with E-state index < -0.39 is 12.0 Å². The molecule has 0 aromatic heterocycles. The largest absolute Gasteiger partial charge is 0.494 e. The molecule has 1 fully saturated rings. The van der Waals surface area contributed by atoms with Gasteiger partial charge < -0.3 is 25.4 Å². The van der Waals surface area contributed by atoms with Gasteiger partial charge in [0.15, 0.2) is 0 Å². The molecule has 21 heavy (non-hydrogen) atoms. The van der Waals surface area contributed by atoms with Gasteiger partial charge in [0.1, 0.15) is 11.8 Å². The molecular formula is C15H23N3O3. The molecule has 1 aliphatic heterocycles. The quantitative estimate of drug-likeness (QED) is 0.800. The number of nitrogens with zero attached hydrogens (tertiary/aromatic N) is 2. The Morgan fingerprint density at radius 1 is 1.29 bits per heavy atom. The highest BCUT2D eigenvalue weighted by Crippen LogP contribution is 2.20. The highest BCUT2D eigenvalue weighted by atomic mass is 16.5. The van der Waals surface area contributed by atoms with Crippen LogP contribution in [0, 0.1) is 0 Å². The number of hydrogen-bond acceptors (Lipinski definition) is 5. The summed E-state index contributed by atoms with van der Waals surface area (Å²) in [5.41, 5.74) is 6.62. The van der Waals surface area contributed by atoms with E-state index in [-0.39, 0.29) is 0 Å². The van der Waals surface area contributed by atoms with E-state index in [0.717, 1.165) is 31.9 Å². The number of nitrogens with two attached hydrogens (primary N) is 1. The summed E-state index contributed by atoms with van der Waals surface area (Å²) in [6.45, 7) is 4.52. The van der Waals surface area contributed by atoms with E-state index in [9.17, 15) is 4.79 Å². The van der Waals surface area contributed by atoms with E-state index in [1.807, 2.05) is 24.3 Å². The minimum atomic E-state index is -0.996. The van der Waals surface area contributed by atoms with Crippen molar-refractivity contribution < 1.29 is 14.6 Å². The van der Waals surface area contributed by atoms with Gasteiger partial charge in [0.25, 0.3) is 0 Å². The van der Waals surface area contributed by atoms with Gasteiger partial charge in [-0.3, -0.25) is 4.79 Å². The van der Waals surface area contributed by atoms with Gasteiger partial charge in [-0.05, 0) is 31.3 Å². The zero-order valence-electron chi connectivity index (χ0n) is 12.4. The van der Waals surface area contributed by atoms with Crippen molar-refractivity contribution in [2.24, 2.45) is 5.73 Å². The molecule has 0 bridgehead atoms. The van der Waals surface area contributed by atoms with Crippen LogP contribution in [0.5, 0.6) is 5.75 Å². The van der Waals surface area contributed by atoms with Gasteiger partial charge in [0.05, 0.1) is 6.61 Å². The smallest absolute Gasteiger partial charge is 0.320 e. The van der Waals surface area contributed by atoms with Crippen molar-refractivity contribution in [2.75, 3.05) is 44.7 Å². The fourth-order valence-electron chi connectivity index (χ4n) is 2.25. The van der Waals surface area contributed by atoms with Crippen LogP contribution >= 0.6 is 0 Å². The number of anilines is 1. The Morgan fingerprint density at radius 2 is 1.90 bits per heavy atom. The average molecular weight is 293 g/mol. The second-order valence-corrected chi connectivity index (χ2v) is 5.37. The zero-order chi connectivity index (χ0) is 15.2. The van der Waals surface area contributed by atoms with Gasteiger partial charge in [-0.15, -0.1) is 0 Å². The van der Waals surface area contributed by atoms with E-state index in [0.29, 0.717) is 13.0 Å². The van der Waals surface area contributed by atoms with Gasteiger partial charge in [0.2, 0.25) is 0 Å². The number of carboxylic acid groups (broad SMARTS) is 1. The molecule has 0 saturated carbocycles. The van der Waals surface area contributed by atoms with E-state index in [1.165, 1.54) is 5.69 Å². The van der Waals surface area contributed by atoms with E-state index >= 15 is 0 Å². The number of benzene rings is 1. The lowest BCUT2D eigenvalue weighted by molar-refractivity contribution is -0.138. The van der Waals surface area contributed by atoms with Crippen LogP contribution < -0.4 is 15.4 Å². The van der Waals surface area contributed by atoms with Crippen molar-refractivity contribution in [3.05, 3.63) is 24.3 Å². The van der Waals surface area contributed by atoms with Gasteiger partial charge >= 0.3 is 5.97 Å². The Labute approximate surface area is 125 Å². The van der Waals surface area contributed by atoms with Crippen molar-refractivity contribution in [1.82, 2.24) is 4.90 Å². The molecule has 6 heteroatoms. The molecule has 2 rings (SSSR count). The first-order chi connectivity index (χ1) is 10.1. The van der Waals surface area contributed by atoms with Crippen molar-refractivity contribution in [3.63, 3.8) is 0 Å². The molecule has 1 aliphatic rings. The number of ether oxygens (including phenoxy) is 1. The van der Waals surface area contributed by atoms with E-state index in [2.05, 4.69) is 16.8 Å². The van der Waals surface area contributed by atoms with Crippen LogP contribution in [-0.4, -0.2) is 61.9 Å². The summed E-state index contributed by atoms with van der Waals surface area (Å²) in [6.07, 6.45) is 0.301. The standard InChI is InChI=1S/C15H23N3O3/c1-17-7-9-18(10-8-17)12-2-4-13(5-3-12)21-11-6-14(16)15(19)20/h2-5,14H,6-11,16H2,1H3,(H,19,20)/t14-/m0/s1. The Hall–Kier alpha value is -1.79. The number of piperazine rings is 1. The average Bonchev–Trinajstić information content (AvgIpc) is 2.48. The molecule has 3 N–H and O–H groups in total. The molecular weight excluding hydrogens is 270 g/mol. The SMILES string of the molecule is CN1CCN(c2ccc(OCC[C@H](N)C(=O)O)cc2)CC1. The molecule has 116 valence electrons. The molecule has 0 spiro atoms. The van der Waals surface area contributed by atoms with Gasteiger partial charge in [-0.2, -0.15) is 0 Å². The Bertz CT molecular complexity index is 456. The van der Waals surface area contributed by atoms with E-state index in [4.69, 9.17) is 15.6 Å². The third-order valence-electron chi connectivity index (χ3n) is 3.72. The summed E-state index contributed by atoms with van der Waals surface area (Å²) in [5, 5.41) is 8.69. The molecule has 0 radical (unpaired) electrons. The molecule has 6 nitrogen and oxygen atoms in total. The maximum Gasteiger partial charge on any atom is 0.320 e. The van der Waals surface area contributed by atoms with Crippen LogP contribution in [0.15, 0.2) is 24.3 Å². The van der Waals surface area contributed by atoms with E-state index in [1.54, 1.807) is 0 Å². The van der Waals surface area contributed by atoms with Crippen molar-refractivity contribution in [2.45, 2.75) is 12.5 Å². The van der Waals surface area contributed by atoms with Gasteiger partial charge in [-0.1, -0.05) is 0 Å². The third-order valence-corrected chi connectivity index (χ3v) is 3.72. The van der Waals surface area contributed by atoms with Crippen molar-refractivity contribution >= 4 is 11.7 Å². The highest BCUT2D eigenvalue weighted by molar-refractivity contribution is 5.72. The Morgan fingerprint density at radius 3 is 2.48 bits per heavy atom. The lowest BCUT2D eigenvalue weighted by atomic mass is 10.2. The molecule has 0 aliphatic carbocycles. The first-order valence-electron chi connectivity index (χ1n) is 7.21. The normalized spacial score (nSPS) is 17.5. The molecule has 0 unspecified atom stereocenters. The first-order valence-corrected chi connectivity index (χ1v) is 7.21. The maximum absolute atomic E-state index is 10.6. The third kappa shape index (κ3) is 4.61. The van der Waals surface area contributed by atoms with Crippen LogP contribution in [0.25, 0.3) is 0 Å². The number of aliphatic carboxylic acids is 1. The molecule has 1 aromatic rings. The van der Waals surface area contributed by atoms with Crippen LogP contribution in [0.2, 0.25) is 0 Å². The second-order valence-electron chi connectivity index (χ2n) is 5.37. The number of rotatable bonds is 6. The number of likely N-dealkylation sites (N-methyl/N-ethyl adjacent to an activating group) is 1. The summed E-state index contributed by atoms with van der Waals surface area (Å²) in [7, 11) is 2.14. The summed E-state index contributed by atoms with van der Waals surface area (Å²) in [6, 6.07) is 7.05. The predicted octanol–water partition coefficient (Wildman–Crippen LogP) is 0.619. The molecule has 1 atom stereocenters. The number of carboxylic acids is 1. The van der Waals surface area contributed by atoms with Crippen LogP contribution in [0.4, 0.5) is 5.69 Å². The van der Waals surface area contributed by atoms with Crippen LogP contribution in [0.3, 0.4) is 0 Å². The van der Waals surface area contributed by atoms with Gasteiger partial charge in [0, 0.05) is 38.3 Å². The molecule has 1 saturated heterocycles. The summed E-state index contributed by atoms with van der Waals surface area (Å²) < 4.78 is 5.52. The first kappa shape index (κ1) is 15.6. The lowest BCUT2D eigenvalue weighted by Gasteiger charge is -2.34. The molecule has 0 amide bonds.